The van der Waals surface area contributed by atoms with E-state index in [2.05, 4.69) is 38.0 Å². The van der Waals surface area contributed by atoms with Crippen LogP contribution in [-0.4, -0.2) is 66.2 Å². The van der Waals surface area contributed by atoms with E-state index in [4.69, 9.17) is 4.74 Å². The Kier molecular flexibility index (Phi) is 4.10. The number of nitrogens with zero attached hydrogens (tertiary/aromatic N) is 2. The number of urea groups is 1. The van der Waals surface area contributed by atoms with Gasteiger partial charge in [-0.3, -0.25) is 10.6 Å². The molecular formula is C18H29N5O2. The van der Waals surface area contributed by atoms with Crippen molar-refractivity contribution < 1.29 is 9.53 Å². The molecule has 6 atom stereocenters. The molecule has 3 N–H and O–H groups in total. The highest BCUT2D eigenvalue weighted by atomic mass is 16.5. The fourth-order valence-electron chi connectivity index (χ4n) is 5.33. The Morgan fingerprint density at radius 1 is 1.20 bits per heavy atom. The summed E-state index contributed by atoms with van der Waals surface area (Å²) in [5, 5.41) is 10.4. The first-order valence-electron chi connectivity index (χ1n) is 9.93. The van der Waals surface area contributed by atoms with Crippen molar-refractivity contribution in [1.29, 1.82) is 0 Å². The second kappa shape index (κ2) is 6.45. The number of rotatable bonds is 0. The van der Waals surface area contributed by atoms with Crippen LogP contribution in [0.3, 0.4) is 0 Å². The molecule has 7 nitrogen and oxygen atoms in total. The van der Waals surface area contributed by atoms with E-state index in [9.17, 15) is 4.79 Å². The molecule has 0 aromatic carbocycles. The topological polar surface area (TPSA) is 68.9 Å². The molecule has 5 rings (SSSR count). The molecule has 0 aromatic heterocycles. The van der Waals surface area contributed by atoms with Gasteiger partial charge in [-0.2, -0.15) is 0 Å². The molecule has 0 aliphatic carbocycles. The van der Waals surface area contributed by atoms with Gasteiger partial charge in [-0.05, 0) is 57.2 Å². The van der Waals surface area contributed by atoms with E-state index < -0.39 is 0 Å². The van der Waals surface area contributed by atoms with Crippen LogP contribution in [0, 0.1) is 5.92 Å². The van der Waals surface area contributed by atoms with E-state index in [-0.39, 0.29) is 30.5 Å². The van der Waals surface area contributed by atoms with Gasteiger partial charge in [0.2, 0.25) is 0 Å². The first-order valence-corrected chi connectivity index (χ1v) is 9.93. The summed E-state index contributed by atoms with van der Waals surface area (Å²) in [6, 6.07) is 0.131. The highest BCUT2D eigenvalue weighted by Crippen LogP contribution is 2.34. The Morgan fingerprint density at radius 3 is 3.12 bits per heavy atom. The summed E-state index contributed by atoms with van der Waals surface area (Å²) in [7, 11) is 0. The Hall–Kier alpha value is -1.31. The minimum Gasteiger partial charge on any atom is -0.376 e. The van der Waals surface area contributed by atoms with Crippen LogP contribution >= 0.6 is 0 Å². The van der Waals surface area contributed by atoms with Crippen LogP contribution in [0.2, 0.25) is 0 Å². The van der Waals surface area contributed by atoms with Gasteiger partial charge >= 0.3 is 6.03 Å². The van der Waals surface area contributed by atoms with E-state index in [1.54, 1.807) is 0 Å². The Morgan fingerprint density at radius 2 is 2.16 bits per heavy atom. The molecule has 138 valence electrons. The summed E-state index contributed by atoms with van der Waals surface area (Å²) in [6.07, 6.45) is 11.7. The zero-order valence-electron chi connectivity index (χ0n) is 14.7. The molecule has 4 saturated heterocycles. The maximum Gasteiger partial charge on any atom is 0.320 e. The van der Waals surface area contributed by atoms with Crippen molar-refractivity contribution in [2.75, 3.05) is 19.7 Å². The van der Waals surface area contributed by atoms with Crippen LogP contribution < -0.4 is 16.0 Å². The van der Waals surface area contributed by atoms with Crippen molar-refractivity contribution in [3.63, 3.8) is 0 Å². The van der Waals surface area contributed by atoms with Crippen molar-refractivity contribution in [3.8, 4) is 0 Å². The van der Waals surface area contributed by atoms with Gasteiger partial charge in [-0.25, -0.2) is 4.79 Å². The van der Waals surface area contributed by atoms with Crippen molar-refractivity contribution in [1.82, 2.24) is 25.8 Å². The normalized spacial score (nSPS) is 43.8. The van der Waals surface area contributed by atoms with Gasteiger partial charge in [0.15, 0.2) is 0 Å². The summed E-state index contributed by atoms with van der Waals surface area (Å²) in [5.41, 5.74) is 0. The number of piperidine rings is 2. The first kappa shape index (κ1) is 15.9. The van der Waals surface area contributed by atoms with E-state index in [0.717, 1.165) is 51.8 Å². The number of amides is 2. The standard InChI is InChI=1S/C18H29N5O2/c24-18-21-16-15-13(7-8-19-16)25-11-2-1-9-22-10-3-4-12-5-6-14(23(15)18)20-17(12)22/h3,10,12-17,19-20H,1-2,4-9,11H2,(H,21,24). The molecule has 2 bridgehead atoms. The van der Waals surface area contributed by atoms with Crippen LogP contribution in [0.1, 0.15) is 38.5 Å². The average molecular weight is 347 g/mol. The lowest BCUT2D eigenvalue weighted by molar-refractivity contribution is -0.0521. The van der Waals surface area contributed by atoms with Crippen molar-refractivity contribution in [2.24, 2.45) is 5.92 Å². The number of ether oxygens (including phenoxy) is 1. The van der Waals surface area contributed by atoms with Crippen LogP contribution in [-0.2, 0) is 4.74 Å². The average Bonchev–Trinajstić information content (AvgIpc) is 2.96. The summed E-state index contributed by atoms with van der Waals surface area (Å²) < 4.78 is 6.25. The lowest BCUT2D eigenvalue weighted by Crippen LogP contribution is -2.66. The van der Waals surface area contributed by atoms with Gasteiger partial charge in [0, 0.05) is 13.2 Å². The second-order valence-electron chi connectivity index (χ2n) is 8.01. The number of carbonyl (C=O) groups excluding carboxylic acids is 1. The highest BCUT2D eigenvalue weighted by Gasteiger charge is 2.50. The number of hydrogen-bond donors (Lipinski definition) is 3. The van der Waals surface area contributed by atoms with Crippen LogP contribution in [0.25, 0.3) is 0 Å². The third-order valence-corrected chi connectivity index (χ3v) is 6.54. The molecule has 0 radical (unpaired) electrons. The second-order valence-corrected chi connectivity index (χ2v) is 8.01. The fraction of sp³-hybridized carbons (Fsp3) is 0.833. The van der Waals surface area contributed by atoms with Gasteiger partial charge in [0.25, 0.3) is 0 Å². The Labute approximate surface area is 149 Å². The molecule has 0 saturated carbocycles. The van der Waals surface area contributed by atoms with E-state index in [0.29, 0.717) is 12.1 Å². The minimum atomic E-state index is 0.0102. The lowest BCUT2D eigenvalue weighted by Gasteiger charge is -2.49. The predicted octanol–water partition coefficient (Wildman–Crippen LogP) is 0.750. The smallest absolute Gasteiger partial charge is 0.320 e. The van der Waals surface area contributed by atoms with Crippen molar-refractivity contribution in [2.45, 2.75) is 69.2 Å². The summed E-state index contributed by atoms with van der Waals surface area (Å²) in [4.78, 5) is 17.3. The monoisotopic (exact) mass is 347 g/mol. The van der Waals surface area contributed by atoms with E-state index >= 15 is 0 Å². The third kappa shape index (κ3) is 2.73. The molecule has 5 aliphatic rings. The first-order chi connectivity index (χ1) is 12.3. The highest BCUT2D eigenvalue weighted by molar-refractivity contribution is 5.78. The van der Waals surface area contributed by atoms with Crippen LogP contribution in [0.4, 0.5) is 4.79 Å². The summed E-state index contributed by atoms with van der Waals surface area (Å²) in [5.74, 6) is 0.655. The predicted molar refractivity (Wildman–Crippen MR) is 93.4 cm³/mol. The van der Waals surface area contributed by atoms with Crippen LogP contribution in [0.15, 0.2) is 12.3 Å². The molecule has 5 aliphatic heterocycles. The minimum absolute atomic E-state index is 0.0102. The van der Waals surface area contributed by atoms with Gasteiger partial charge in [-0.15, -0.1) is 0 Å². The van der Waals surface area contributed by atoms with Gasteiger partial charge < -0.3 is 19.9 Å². The quantitative estimate of drug-likeness (QED) is 0.603. The van der Waals surface area contributed by atoms with Gasteiger partial charge in [-0.1, -0.05) is 6.08 Å². The molecular weight excluding hydrogens is 318 g/mol. The van der Waals surface area contributed by atoms with Gasteiger partial charge in [0.05, 0.1) is 24.5 Å². The summed E-state index contributed by atoms with van der Waals surface area (Å²) in [6.45, 7) is 2.76. The number of hydrogen-bond acceptors (Lipinski definition) is 5. The number of nitrogens with one attached hydrogen (secondary N) is 3. The zero-order chi connectivity index (χ0) is 16.8. The number of allylic oxidation sites excluding steroid dienone is 1. The molecule has 4 fully saturated rings. The molecule has 7 heteroatoms. The van der Waals surface area contributed by atoms with Crippen molar-refractivity contribution in [3.05, 3.63) is 12.3 Å². The Balaban J connectivity index is 1.45. The molecule has 5 heterocycles. The number of carbonyl (C=O) groups is 1. The molecule has 2 amide bonds. The number of fused-ring (bicyclic) bond motifs is 2. The zero-order valence-corrected chi connectivity index (χ0v) is 14.7. The van der Waals surface area contributed by atoms with E-state index in [1.807, 2.05) is 0 Å². The molecule has 25 heavy (non-hydrogen) atoms. The Bertz CT molecular complexity index is 556. The lowest BCUT2D eigenvalue weighted by atomic mass is 9.87. The SMILES string of the molecule is O=C1NC2NCCC3OCCCCN4C=CCC5CCC(NC54)N1C23. The fourth-order valence-corrected chi connectivity index (χ4v) is 5.33. The summed E-state index contributed by atoms with van der Waals surface area (Å²) >= 11 is 0. The van der Waals surface area contributed by atoms with Crippen LogP contribution in [0.5, 0.6) is 0 Å². The third-order valence-electron chi connectivity index (χ3n) is 6.54. The maximum atomic E-state index is 12.8. The molecule has 6 unspecified atom stereocenters. The van der Waals surface area contributed by atoms with E-state index in [1.165, 1.54) is 6.42 Å². The molecule has 0 spiro atoms. The maximum absolute atomic E-state index is 12.8. The molecule has 0 aromatic rings. The van der Waals surface area contributed by atoms with Gasteiger partial charge in [0.1, 0.15) is 6.17 Å². The van der Waals surface area contributed by atoms with Crippen molar-refractivity contribution >= 4 is 6.03 Å². The largest absolute Gasteiger partial charge is 0.376 e.